The molecule has 124 valence electrons. The fraction of sp³-hybridized carbons (Fsp3) is 0.250. The number of carbonyl (C=O) groups excluding carboxylic acids is 1. The molecule has 0 atom stereocenters. The Morgan fingerprint density at radius 1 is 0.958 bits per heavy atom. The van der Waals surface area contributed by atoms with Crippen LogP contribution >= 0.6 is 11.6 Å². The van der Waals surface area contributed by atoms with Crippen molar-refractivity contribution in [2.45, 2.75) is 33.1 Å². The lowest BCUT2D eigenvalue weighted by Crippen LogP contribution is -2.14. The maximum absolute atomic E-state index is 11.8. The van der Waals surface area contributed by atoms with E-state index in [1.807, 2.05) is 43.3 Å². The molecule has 0 aromatic heterocycles. The van der Waals surface area contributed by atoms with Crippen LogP contribution in [0.1, 0.15) is 31.7 Å². The second-order valence-electron chi connectivity index (χ2n) is 6.14. The van der Waals surface area contributed by atoms with Crippen LogP contribution in [0.5, 0.6) is 0 Å². The number of benzene rings is 2. The zero-order chi connectivity index (χ0) is 17.1. The third kappa shape index (κ3) is 3.62. The van der Waals surface area contributed by atoms with Crippen molar-refractivity contribution in [1.29, 1.82) is 0 Å². The van der Waals surface area contributed by atoms with E-state index in [0.717, 1.165) is 41.2 Å². The molecule has 1 aliphatic carbocycles. The van der Waals surface area contributed by atoms with Gasteiger partial charge in [-0.05, 0) is 56.5 Å². The van der Waals surface area contributed by atoms with E-state index >= 15 is 0 Å². The molecule has 0 bridgehead atoms. The number of Topliss-reactive ketones (excluding diaryl/α,β-unsaturated/α-hetero) is 1. The first-order valence-corrected chi connectivity index (χ1v) is 8.54. The maximum Gasteiger partial charge on any atom is 0.160 e. The number of nitrogens with one attached hydrogen (secondary N) is 2. The summed E-state index contributed by atoms with van der Waals surface area (Å²) in [5, 5.41) is 7.34. The van der Waals surface area contributed by atoms with Crippen LogP contribution in [0.15, 0.2) is 53.7 Å². The summed E-state index contributed by atoms with van der Waals surface area (Å²) >= 11 is 6.43. The zero-order valence-electron chi connectivity index (χ0n) is 13.9. The molecule has 3 rings (SSSR count). The third-order valence-corrected chi connectivity index (χ3v) is 4.69. The molecule has 24 heavy (non-hydrogen) atoms. The molecule has 0 fully saturated rings. The van der Waals surface area contributed by atoms with E-state index in [1.165, 1.54) is 5.56 Å². The number of para-hydroxylation sites is 1. The average molecular weight is 341 g/mol. The van der Waals surface area contributed by atoms with Gasteiger partial charge in [0, 0.05) is 29.1 Å². The van der Waals surface area contributed by atoms with Gasteiger partial charge in [-0.2, -0.15) is 0 Å². The number of rotatable bonds is 4. The molecule has 1 aliphatic rings. The smallest absolute Gasteiger partial charge is 0.160 e. The number of hydrogen-bond donors (Lipinski definition) is 2. The van der Waals surface area contributed by atoms with Crippen molar-refractivity contribution in [2.24, 2.45) is 0 Å². The normalized spacial score (nSPS) is 14.7. The van der Waals surface area contributed by atoms with Gasteiger partial charge in [0.2, 0.25) is 0 Å². The molecule has 0 saturated heterocycles. The molecular formula is C20H21ClN2O. The molecule has 0 amide bonds. The van der Waals surface area contributed by atoms with Crippen LogP contribution in [0.2, 0.25) is 5.02 Å². The lowest BCUT2D eigenvalue weighted by Gasteiger charge is -2.19. The molecule has 0 radical (unpaired) electrons. The molecule has 0 unspecified atom stereocenters. The largest absolute Gasteiger partial charge is 0.357 e. The van der Waals surface area contributed by atoms with E-state index in [0.29, 0.717) is 11.4 Å². The van der Waals surface area contributed by atoms with E-state index in [1.54, 1.807) is 0 Å². The fourth-order valence-corrected chi connectivity index (χ4v) is 3.08. The van der Waals surface area contributed by atoms with Gasteiger partial charge in [0.25, 0.3) is 0 Å². The lowest BCUT2D eigenvalue weighted by atomic mass is 9.96. The van der Waals surface area contributed by atoms with Crippen molar-refractivity contribution in [3.63, 3.8) is 0 Å². The van der Waals surface area contributed by atoms with Crippen molar-refractivity contribution < 1.29 is 4.79 Å². The number of hydrogen-bond acceptors (Lipinski definition) is 3. The van der Waals surface area contributed by atoms with Gasteiger partial charge in [-0.3, -0.25) is 4.79 Å². The summed E-state index contributed by atoms with van der Waals surface area (Å²) in [6.45, 7) is 3.95. The molecule has 2 aromatic carbocycles. The summed E-state index contributed by atoms with van der Waals surface area (Å²) in [6.07, 6.45) is 2.42. The van der Waals surface area contributed by atoms with E-state index in [4.69, 9.17) is 11.6 Å². The Morgan fingerprint density at radius 3 is 2.50 bits per heavy atom. The van der Waals surface area contributed by atoms with Crippen LogP contribution in [-0.4, -0.2) is 5.78 Å². The van der Waals surface area contributed by atoms with Crippen LogP contribution in [-0.2, 0) is 4.79 Å². The highest BCUT2D eigenvalue weighted by atomic mass is 35.5. The zero-order valence-corrected chi connectivity index (χ0v) is 14.7. The number of carbonyl (C=O) groups is 1. The molecule has 2 aromatic rings. The third-order valence-electron chi connectivity index (χ3n) is 4.38. The Bertz CT molecular complexity index is 811. The molecular weight excluding hydrogens is 320 g/mol. The summed E-state index contributed by atoms with van der Waals surface area (Å²) in [4.78, 5) is 11.8. The second kappa shape index (κ2) is 7.10. The Morgan fingerprint density at radius 2 is 1.75 bits per heavy atom. The minimum atomic E-state index is 0.220. The van der Waals surface area contributed by atoms with Gasteiger partial charge in [-0.25, -0.2) is 0 Å². The van der Waals surface area contributed by atoms with Crippen LogP contribution in [0.4, 0.5) is 17.1 Å². The standard InChI is InChI=1S/C20H21ClN2O/c1-13-6-3-4-7-17(13)22-15-10-11-19(16(21)12-15)23-18-8-5-9-20(24)14(18)2/h3-4,6-7,10-12,22-23H,5,8-9H2,1-2H3. The first kappa shape index (κ1) is 16.6. The SMILES string of the molecule is CC1=C(Nc2ccc(Nc3ccccc3C)cc2Cl)CCCC1=O. The van der Waals surface area contributed by atoms with Crippen LogP contribution in [0, 0.1) is 6.92 Å². The number of halogens is 1. The summed E-state index contributed by atoms with van der Waals surface area (Å²) < 4.78 is 0. The highest BCUT2D eigenvalue weighted by Crippen LogP contribution is 2.31. The summed E-state index contributed by atoms with van der Waals surface area (Å²) in [6, 6.07) is 14.0. The van der Waals surface area contributed by atoms with Crippen molar-refractivity contribution >= 4 is 34.4 Å². The van der Waals surface area contributed by atoms with Crippen molar-refractivity contribution in [2.75, 3.05) is 10.6 Å². The minimum absolute atomic E-state index is 0.220. The second-order valence-corrected chi connectivity index (χ2v) is 6.55. The monoisotopic (exact) mass is 340 g/mol. The molecule has 0 heterocycles. The van der Waals surface area contributed by atoms with Gasteiger partial charge in [0.15, 0.2) is 5.78 Å². The highest BCUT2D eigenvalue weighted by Gasteiger charge is 2.17. The van der Waals surface area contributed by atoms with Crippen molar-refractivity contribution in [1.82, 2.24) is 0 Å². The summed E-state index contributed by atoms with van der Waals surface area (Å²) in [7, 11) is 0. The van der Waals surface area contributed by atoms with E-state index < -0.39 is 0 Å². The Kier molecular flexibility index (Phi) is 4.91. The predicted molar refractivity (Wildman–Crippen MR) is 101 cm³/mol. The number of ketones is 1. The molecule has 3 nitrogen and oxygen atoms in total. The van der Waals surface area contributed by atoms with Crippen molar-refractivity contribution in [3.8, 4) is 0 Å². The number of anilines is 3. The van der Waals surface area contributed by atoms with E-state index in [-0.39, 0.29) is 5.78 Å². The Hall–Kier alpha value is -2.26. The molecule has 0 spiro atoms. The summed E-state index contributed by atoms with van der Waals surface area (Å²) in [5.74, 6) is 0.220. The Balaban J connectivity index is 1.79. The minimum Gasteiger partial charge on any atom is -0.357 e. The quantitative estimate of drug-likeness (QED) is 0.735. The molecule has 2 N–H and O–H groups in total. The van der Waals surface area contributed by atoms with Gasteiger partial charge in [0.1, 0.15) is 0 Å². The van der Waals surface area contributed by atoms with Gasteiger partial charge in [-0.15, -0.1) is 0 Å². The molecule has 4 heteroatoms. The fourth-order valence-electron chi connectivity index (χ4n) is 2.85. The van der Waals surface area contributed by atoms with Gasteiger partial charge < -0.3 is 10.6 Å². The topological polar surface area (TPSA) is 41.1 Å². The number of aryl methyl sites for hydroxylation is 1. The van der Waals surface area contributed by atoms with Crippen molar-refractivity contribution in [3.05, 3.63) is 64.3 Å². The van der Waals surface area contributed by atoms with Gasteiger partial charge in [-0.1, -0.05) is 29.8 Å². The predicted octanol–water partition coefficient (Wildman–Crippen LogP) is 5.83. The van der Waals surface area contributed by atoms with Gasteiger partial charge in [0.05, 0.1) is 10.7 Å². The molecule has 0 aliphatic heterocycles. The number of allylic oxidation sites excluding steroid dienone is 2. The first-order valence-electron chi connectivity index (χ1n) is 8.17. The highest BCUT2D eigenvalue weighted by molar-refractivity contribution is 6.33. The lowest BCUT2D eigenvalue weighted by molar-refractivity contribution is -0.116. The van der Waals surface area contributed by atoms with Crippen LogP contribution < -0.4 is 10.6 Å². The van der Waals surface area contributed by atoms with E-state index in [9.17, 15) is 4.79 Å². The average Bonchev–Trinajstić information content (AvgIpc) is 2.56. The molecule has 0 saturated carbocycles. The van der Waals surface area contributed by atoms with Crippen LogP contribution in [0.3, 0.4) is 0 Å². The first-order chi connectivity index (χ1) is 11.5. The maximum atomic E-state index is 11.8. The Labute approximate surface area is 147 Å². The van der Waals surface area contributed by atoms with Crippen LogP contribution in [0.25, 0.3) is 0 Å². The van der Waals surface area contributed by atoms with Gasteiger partial charge >= 0.3 is 0 Å². The van der Waals surface area contributed by atoms with E-state index in [2.05, 4.69) is 23.6 Å². The summed E-state index contributed by atoms with van der Waals surface area (Å²) in [5.41, 5.74) is 5.80.